The van der Waals surface area contributed by atoms with Crippen LogP contribution in [-0.4, -0.2) is 77.4 Å². The number of nitrogens with zero attached hydrogens (tertiary/aromatic N) is 6. The molecule has 2 aliphatic heterocycles. The second kappa shape index (κ2) is 10.4. The van der Waals surface area contributed by atoms with E-state index in [0.29, 0.717) is 46.7 Å². The number of likely N-dealkylation sites (tertiary alicyclic amines) is 1. The second-order valence-corrected chi connectivity index (χ2v) is 9.24. The summed E-state index contributed by atoms with van der Waals surface area (Å²) in [7, 11) is 1.58. The average molecular weight is 504 g/mol. The number of hydrogen-bond donors (Lipinski definition) is 1. The Labute approximate surface area is 208 Å². The molecular weight excluding hydrogens is 472 g/mol. The number of methoxy groups -OCH3 is 1. The lowest BCUT2D eigenvalue weighted by molar-refractivity contribution is -0.0222. The molecule has 10 nitrogen and oxygen atoms in total. The Hall–Kier alpha value is -3.28. The first-order chi connectivity index (χ1) is 17.4. The maximum Gasteiger partial charge on any atom is 0.321 e. The van der Waals surface area contributed by atoms with Crippen LogP contribution < -0.4 is 19.7 Å². The lowest BCUT2D eigenvalue weighted by atomic mass is 10.1. The first kappa shape index (κ1) is 24.4. The maximum atomic E-state index is 13.8. The van der Waals surface area contributed by atoms with Crippen molar-refractivity contribution in [3.05, 3.63) is 18.0 Å². The van der Waals surface area contributed by atoms with Gasteiger partial charge in [0.05, 0.1) is 19.2 Å². The monoisotopic (exact) mass is 503 g/mol. The van der Waals surface area contributed by atoms with Gasteiger partial charge in [0.15, 0.2) is 11.5 Å². The van der Waals surface area contributed by atoms with Gasteiger partial charge in [-0.3, -0.25) is 5.32 Å². The molecule has 5 rings (SSSR count). The minimum atomic E-state index is -2.67. The van der Waals surface area contributed by atoms with Crippen molar-refractivity contribution < 1.29 is 22.7 Å². The highest BCUT2D eigenvalue weighted by Crippen LogP contribution is 2.37. The minimum Gasteiger partial charge on any atom is -0.493 e. The fourth-order valence-electron chi connectivity index (χ4n) is 4.59. The highest BCUT2D eigenvalue weighted by molar-refractivity contribution is 5.93. The molecule has 12 heteroatoms. The van der Waals surface area contributed by atoms with Crippen LogP contribution in [0.2, 0.25) is 0 Å². The van der Waals surface area contributed by atoms with E-state index < -0.39 is 5.92 Å². The van der Waals surface area contributed by atoms with Crippen molar-refractivity contribution in [3.8, 4) is 11.5 Å². The number of alkyl halides is 2. The molecule has 0 saturated carbocycles. The maximum absolute atomic E-state index is 13.8. The zero-order chi connectivity index (χ0) is 25.1. The van der Waals surface area contributed by atoms with E-state index in [0.717, 1.165) is 26.1 Å². The van der Waals surface area contributed by atoms with Crippen molar-refractivity contribution >= 4 is 28.7 Å². The predicted molar refractivity (Wildman–Crippen MR) is 131 cm³/mol. The number of halogens is 2. The standard InChI is InChI=1S/C24H31F2N7O3/c1-16-30-31-23(36-16)29-21-17-14-19(34-2)20(35-13-5-10-32-8-3-4-9-32)15-18(17)27-22(28-21)33-11-6-24(25,26)7-12-33/h14-15H,3-13H2,1-2H3,(H,27,28,29,31). The molecule has 0 aliphatic carbocycles. The third-order valence-electron chi connectivity index (χ3n) is 6.57. The van der Waals surface area contributed by atoms with Crippen molar-refractivity contribution in [2.75, 3.05) is 56.7 Å². The molecule has 0 atom stereocenters. The highest BCUT2D eigenvalue weighted by atomic mass is 19.3. The highest BCUT2D eigenvalue weighted by Gasteiger charge is 2.35. The van der Waals surface area contributed by atoms with Gasteiger partial charge in [-0.25, -0.2) is 13.8 Å². The molecule has 1 aromatic carbocycles. The summed E-state index contributed by atoms with van der Waals surface area (Å²) < 4.78 is 44.7. The van der Waals surface area contributed by atoms with E-state index in [2.05, 4.69) is 25.4 Å². The van der Waals surface area contributed by atoms with Crippen LogP contribution in [0, 0.1) is 6.92 Å². The molecule has 0 amide bonds. The normalized spacial score (nSPS) is 18.1. The quantitative estimate of drug-likeness (QED) is 0.428. The third kappa shape index (κ3) is 5.58. The van der Waals surface area contributed by atoms with Gasteiger partial charge in [0.25, 0.3) is 5.92 Å². The molecule has 2 saturated heterocycles. The van der Waals surface area contributed by atoms with Crippen molar-refractivity contribution in [1.82, 2.24) is 25.1 Å². The number of piperidine rings is 1. The van der Waals surface area contributed by atoms with Gasteiger partial charge in [-0.1, -0.05) is 5.10 Å². The van der Waals surface area contributed by atoms with Gasteiger partial charge in [-0.2, -0.15) is 4.98 Å². The Balaban J connectivity index is 1.43. The van der Waals surface area contributed by atoms with Gasteiger partial charge in [0.2, 0.25) is 11.8 Å². The smallest absolute Gasteiger partial charge is 0.321 e. The van der Waals surface area contributed by atoms with Crippen LogP contribution in [0.15, 0.2) is 16.5 Å². The van der Waals surface area contributed by atoms with E-state index in [9.17, 15) is 8.78 Å². The second-order valence-electron chi connectivity index (χ2n) is 9.24. The summed E-state index contributed by atoms with van der Waals surface area (Å²) in [5, 5.41) is 11.5. The number of anilines is 3. The van der Waals surface area contributed by atoms with E-state index in [4.69, 9.17) is 18.9 Å². The fraction of sp³-hybridized carbons (Fsp3) is 0.583. The number of aryl methyl sites for hydroxylation is 1. The largest absolute Gasteiger partial charge is 0.493 e. The Morgan fingerprint density at radius 1 is 1.06 bits per heavy atom. The van der Waals surface area contributed by atoms with Crippen LogP contribution in [-0.2, 0) is 0 Å². The number of rotatable bonds is 9. The Morgan fingerprint density at radius 2 is 1.83 bits per heavy atom. The summed E-state index contributed by atoms with van der Waals surface area (Å²) in [6, 6.07) is 3.77. The molecule has 194 valence electrons. The van der Waals surface area contributed by atoms with Gasteiger partial charge in [-0.05, 0) is 38.4 Å². The first-order valence-electron chi connectivity index (χ1n) is 12.3. The molecule has 36 heavy (non-hydrogen) atoms. The number of fused-ring (bicyclic) bond motifs is 1. The molecule has 1 N–H and O–H groups in total. The SMILES string of the molecule is COc1cc2c(Nc3nnc(C)o3)nc(N3CCC(F)(F)CC3)nc2cc1OCCCN1CCCC1. The summed E-state index contributed by atoms with van der Waals surface area (Å²) in [4.78, 5) is 13.5. The summed E-state index contributed by atoms with van der Waals surface area (Å²) in [5.74, 6) is -0.393. The summed E-state index contributed by atoms with van der Waals surface area (Å²) in [6.07, 6.45) is 2.94. The van der Waals surface area contributed by atoms with Gasteiger partial charge in [0, 0.05) is 50.9 Å². The lowest BCUT2D eigenvalue weighted by Gasteiger charge is -2.32. The molecular formula is C24H31F2N7O3. The van der Waals surface area contributed by atoms with Crippen LogP contribution in [0.1, 0.15) is 38.0 Å². The fourth-order valence-corrected chi connectivity index (χ4v) is 4.59. The van der Waals surface area contributed by atoms with Crippen LogP contribution in [0.25, 0.3) is 10.9 Å². The predicted octanol–water partition coefficient (Wildman–Crippen LogP) is 4.17. The number of ether oxygens (including phenoxy) is 2. The van der Waals surface area contributed by atoms with E-state index in [1.165, 1.54) is 12.8 Å². The number of nitrogens with one attached hydrogen (secondary N) is 1. The van der Waals surface area contributed by atoms with E-state index >= 15 is 0 Å². The van der Waals surface area contributed by atoms with E-state index in [1.54, 1.807) is 31.1 Å². The summed E-state index contributed by atoms with van der Waals surface area (Å²) >= 11 is 0. The number of benzene rings is 1. The number of hydrogen-bond acceptors (Lipinski definition) is 10. The van der Waals surface area contributed by atoms with Gasteiger partial charge in [0.1, 0.15) is 5.82 Å². The van der Waals surface area contributed by atoms with Crippen molar-refractivity contribution in [3.63, 3.8) is 0 Å². The minimum absolute atomic E-state index is 0.160. The van der Waals surface area contributed by atoms with Gasteiger partial charge in [-0.15, -0.1) is 5.10 Å². The summed E-state index contributed by atoms with van der Waals surface area (Å²) in [5.41, 5.74) is 0.589. The molecule has 0 spiro atoms. The molecule has 0 radical (unpaired) electrons. The van der Waals surface area contributed by atoms with Crippen molar-refractivity contribution in [2.45, 2.75) is 45.0 Å². The van der Waals surface area contributed by atoms with Crippen LogP contribution in [0.5, 0.6) is 11.5 Å². The molecule has 2 fully saturated rings. The Kier molecular flexibility index (Phi) is 7.04. The van der Waals surface area contributed by atoms with E-state index in [1.807, 2.05) is 0 Å². The van der Waals surface area contributed by atoms with Crippen LogP contribution >= 0.6 is 0 Å². The summed E-state index contributed by atoms with van der Waals surface area (Å²) in [6.45, 7) is 5.85. The molecule has 4 heterocycles. The van der Waals surface area contributed by atoms with Gasteiger partial charge < -0.3 is 23.7 Å². The third-order valence-corrected chi connectivity index (χ3v) is 6.57. The molecule has 0 bridgehead atoms. The van der Waals surface area contributed by atoms with Crippen molar-refractivity contribution in [1.29, 1.82) is 0 Å². The average Bonchev–Trinajstić information content (AvgIpc) is 3.53. The lowest BCUT2D eigenvalue weighted by Crippen LogP contribution is -2.40. The number of aromatic nitrogens is 4. The zero-order valence-corrected chi connectivity index (χ0v) is 20.6. The molecule has 3 aromatic rings. The Morgan fingerprint density at radius 3 is 2.53 bits per heavy atom. The molecule has 2 aliphatic rings. The molecule has 2 aromatic heterocycles. The van der Waals surface area contributed by atoms with E-state index in [-0.39, 0.29) is 31.9 Å². The van der Waals surface area contributed by atoms with Crippen molar-refractivity contribution in [2.24, 2.45) is 0 Å². The van der Waals surface area contributed by atoms with Gasteiger partial charge >= 0.3 is 6.01 Å². The van der Waals surface area contributed by atoms with Crippen LogP contribution in [0.3, 0.4) is 0 Å². The first-order valence-corrected chi connectivity index (χ1v) is 12.3. The zero-order valence-electron chi connectivity index (χ0n) is 20.6. The Bertz CT molecular complexity index is 1190. The van der Waals surface area contributed by atoms with Crippen LogP contribution in [0.4, 0.5) is 26.6 Å². The topological polar surface area (TPSA) is 102 Å². The molecule has 0 unspecified atom stereocenters.